The number of rotatable bonds is 17. The second-order valence-electron chi connectivity index (χ2n) is 9.45. The fourth-order valence-corrected chi connectivity index (χ4v) is 4.12. The monoisotopic (exact) mass is 422 g/mol. The van der Waals surface area contributed by atoms with Crippen molar-refractivity contribution in [2.75, 3.05) is 0 Å². The van der Waals surface area contributed by atoms with Crippen molar-refractivity contribution in [1.29, 1.82) is 0 Å². The minimum Gasteiger partial charge on any atom is -0.236 e. The van der Waals surface area contributed by atoms with Crippen LogP contribution in [0.2, 0.25) is 0 Å². The van der Waals surface area contributed by atoms with E-state index in [4.69, 9.17) is 0 Å². The Morgan fingerprint density at radius 2 is 1.19 bits per heavy atom. The van der Waals surface area contributed by atoms with Gasteiger partial charge < -0.3 is 0 Å². The molecule has 1 unspecified atom stereocenters. The van der Waals surface area contributed by atoms with Crippen LogP contribution in [0.25, 0.3) is 11.4 Å². The fourth-order valence-electron chi connectivity index (χ4n) is 4.12. The van der Waals surface area contributed by atoms with Crippen molar-refractivity contribution < 1.29 is 0 Å². The summed E-state index contributed by atoms with van der Waals surface area (Å²) in [5.74, 6) is 1.73. The number of aromatic nitrogens is 2. The summed E-state index contributed by atoms with van der Waals surface area (Å²) in [6.07, 6.45) is 23.9. The molecule has 31 heavy (non-hydrogen) atoms. The largest absolute Gasteiger partial charge is 0.236 e. The molecule has 2 heteroatoms. The van der Waals surface area contributed by atoms with E-state index in [-0.39, 0.29) is 0 Å². The maximum Gasteiger partial charge on any atom is 0.159 e. The zero-order valence-corrected chi connectivity index (χ0v) is 20.5. The molecule has 1 aromatic carbocycles. The first kappa shape index (κ1) is 25.6. The standard InChI is InChI=1S/C29H46N2/c1-4-6-7-8-9-10-11-14-18-27-23-30-29(31-24-27)28-21-19-26(20-22-28)17-15-12-13-16-25(3)5-2/h19-25H,4-18H2,1-3H3. The highest BCUT2D eigenvalue weighted by molar-refractivity contribution is 5.55. The van der Waals surface area contributed by atoms with Crippen LogP contribution in [0, 0.1) is 5.92 Å². The molecule has 0 aliphatic carbocycles. The van der Waals surface area contributed by atoms with Crippen LogP contribution in [-0.4, -0.2) is 9.97 Å². The number of nitrogens with zero attached hydrogens (tertiary/aromatic N) is 2. The Hall–Kier alpha value is -1.70. The van der Waals surface area contributed by atoms with Crippen LogP contribution < -0.4 is 0 Å². The molecule has 0 bridgehead atoms. The average Bonchev–Trinajstić information content (AvgIpc) is 2.81. The first-order chi connectivity index (χ1) is 15.2. The smallest absolute Gasteiger partial charge is 0.159 e. The zero-order valence-electron chi connectivity index (χ0n) is 20.5. The van der Waals surface area contributed by atoms with Gasteiger partial charge in [0, 0.05) is 18.0 Å². The summed E-state index contributed by atoms with van der Waals surface area (Å²) in [7, 11) is 0. The quantitative estimate of drug-likeness (QED) is 0.238. The van der Waals surface area contributed by atoms with E-state index in [1.807, 2.05) is 12.4 Å². The molecule has 2 aromatic rings. The van der Waals surface area contributed by atoms with Gasteiger partial charge in [-0.25, -0.2) is 9.97 Å². The van der Waals surface area contributed by atoms with Gasteiger partial charge in [0.2, 0.25) is 0 Å². The Balaban J connectivity index is 1.65. The van der Waals surface area contributed by atoms with E-state index in [1.165, 1.54) is 101 Å². The summed E-state index contributed by atoms with van der Waals surface area (Å²) in [6, 6.07) is 8.87. The summed E-state index contributed by atoms with van der Waals surface area (Å²) in [5, 5.41) is 0. The number of unbranched alkanes of at least 4 members (excludes halogenated alkanes) is 9. The van der Waals surface area contributed by atoms with Crippen molar-refractivity contribution in [3.63, 3.8) is 0 Å². The number of aryl methyl sites for hydroxylation is 2. The lowest BCUT2D eigenvalue weighted by Gasteiger charge is -2.08. The SMILES string of the molecule is CCCCCCCCCCc1cnc(-c2ccc(CCCCCC(C)CC)cc2)nc1. The summed E-state index contributed by atoms with van der Waals surface area (Å²) in [4.78, 5) is 9.25. The normalized spacial score (nSPS) is 12.2. The van der Waals surface area contributed by atoms with Gasteiger partial charge in [0.15, 0.2) is 5.82 Å². The van der Waals surface area contributed by atoms with E-state index in [0.29, 0.717) is 0 Å². The Labute approximate surface area is 192 Å². The number of hydrogen-bond acceptors (Lipinski definition) is 2. The van der Waals surface area contributed by atoms with Gasteiger partial charge in [0.1, 0.15) is 0 Å². The molecule has 172 valence electrons. The molecule has 1 aromatic heterocycles. The number of benzene rings is 1. The molecule has 0 amide bonds. The lowest BCUT2D eigenvalue weighted by Crippen LogP contribution is -1.94. The van der Waals surface area contributed by atoms with E-state index in [0.717, 1.165) is 23.7 Å². The van der Waals surface area contributed by atoms with E-state index in [2.05, 4.69) is 55.0 Å². The van der Waals surface area contributed by atoms with E-state index in [1.54, 1.807) is 0 Å². The maximum absolute atomic E-state index is 4.63. The number of hydrogen-bond donors (Lipinski definition) is 0. The van der Waals surface area contributed by atoms with Crippen LogP contribution in [0.1, 0.15) is 115 Å². The van der Waals surface area contributed by atoms with Gasteiger partial charge in [0.25, 0.3) is 0 Å². The van der Waals surface area contributed by atoms with E-state index in [9.17, 15) is 0 Å². The fraction of sp³-hybridized carbons (Fsp3) is 0.655. The van der Waals surface area contributed by atoms with Gasteiger partial charge in [-0.05, 0) is 42.7 Å². The van der Waals surface area contributed by atoms with Crippen molar-refractivity contribution in [2.45, 2.75) is 117 Å². The molecule has 2 nitrogen and oxygen atoms in total. The second kappa shape index (κ2) is 16.0. The predicted molar refractivity (Wildman–Crippen MR) is 135 cm³/mol. The van der Waals surface area contributed by atoms with Gasteiger partial charge in [-0.2, -0.15) is 0 Å². The highest BCUT2D eigenvalue weighted by atomic mass is 14.9. The van der Waals surface area contributed by atoms with Crippen molar-refractivity contribution in [2.24, 2.45) is 5.92 Å². The summed E-state index contributed by atoms with van der Waals surface area (Å²) < 4.78 is 0. The van der Waals surface area contributed by atoms with Crippen LogP contribution in [0.3, 0.4) is 0 Å². The van der Waals surface area contributed by atoms with Crippen molar-refractivity contribution in [3.8, 4) is 11.4 Å². The van der Waals surface area contributed by atoms with Crippen LogP contribution >= 0.6 is 0 Å². The molecule has 0 spiro atoms. The zero-order chi connectivity index (χ0) is 22.2. The summed E-state index contributed by atoms with van der Waals surface area (Å²) in [6.45, 7) is 6.94. The van der Waals surface area contributed by atoms with Gasteiger partial charge in [-0.3, -0.25) is 0 Å². The van der Waals surface area contributed by atoms with Crippen LogP contribution in [0.4, 0.5) is 0 Å². The van der Waals surface area contributed by atoms with E-state index >= 15 is 0 Å². The van der Waals surface area contributed by atoms with Crippen LogP contribution in [0.15, 0.2) is 36.7 Å². The Morgan fingerprint density at radius 1 is 0.645 bits per heavy atom. The molecule has 1 heterocycles. The Kier molecular flexibility index (Phi) is 13.2. The second-order valence-corrected chi connectivity index (χ2v) is 9.45. The minimum atomic E-state index is 0.847. The lowest BCUT2D eigenvalue weighted by atomic mass is 9.99. The molecule has 0 N–H and O–H groups in total. The van der Waals surface area contributed by atoms with Crippen LogP contribution in [0.5, 0.6) is 0 Å². The summed E-state index contributed by atoms with van der Waals surface area (Å²) in [5.41, 5.74) is 3.82. The molecule has 0 radical (unpaired) electrons. The third kappa shape index (κ3) is 10.9. The predicted octanol–water partition coefficient (Wildman–Crippen LogP) is 8.98. The van der Waals surface area contributed by atoms with E-state index < -0.39 is 0 Å². The third-order valence-electron chi connectivity index (χ3n) is 6.60. The molecular formula is C29H46N2. The van der Waals surface area contributed by atoms with Gasteiger partial charge in [-0.1, -0.05) is 116 Å². The highest BCUT2D eigenvalue weighted by Crippen LogP contribution is 2.18. The molecular weight excluding hydrogens is 376 g/mol. The van der Waals surface area contributed by atoms with Gasteiger partial charge >= 0.3 is 0 Å². The molecule has 0 saturated carbocycles. The Bertz CT molecular complexity index is 675. The summed E-state index contributed by atoms with van der Waals surface area (Å²) >= 11 is 0. The average molecular weight is 423 g/mol. The molecule has 2 rings (SSSR count). The van der Waals surface area contributed by atoms with Crippen molar-refractivity contribution in [1.82, 2.24) is 9.97 Å². The van der Waals surface area contributed by atoms with Gasteiger partial charge in [-0.15, -0.1) is 0 Å². The third-order valence-corrected chi connectivity index (χ3v) is 6.60. The molecule has 1 atom stereocenters. The first-order valence-corrected chi connectivity index (χ1v) is 13.1. The van der Waals surface area contributed by atoms with Crippen molar-refractivity contribution in [3.05, 3.63) is 47.8 Å². The molecule has 0 fully saturated rings. The topological polar surface area (TPSA) is 25.8 Å². The van der Waals surface area contributed by atoms with Gasteiger partial charge in [0.05, 0.1) is 0 Å². The molecule has 0 saturated heterocycles. The molecule has 0 aliphatic heterocycles. The van der Waals surface area contributed by atoms with Crippen molar-refractivity contribution >= 4 is 0 Å². The molecule has 0 aliphatic rings. The first-order valence-electron chi connectivity index (χ1n) is 13.1. The highest BCUT2D eigenvalue weighted by Gasteiger charge is 2.03. The maximum atomic E-state index is 4.63. The lowest BCUT2D eigenvalue weighted by molar-refractivity contribution is 0.478. The van der Waals surface area contributed by atoms with Crippen LogP contribution in [-0.2, 0) is 12.8 Å². The minimum absolute atomic E-state index is 0.847. The Morgan fingerprint density at radius 3 is 1.81 bits per heavy atom.